The Morgan fingerprint density at radius 2 is 1.96 bits per heavy atom. The quantitative estimate of drug-likeness (QED) is 0.313. The van der Waals surface area contributed by atoms with Crippen LogP contribution < -0.4 is 10.2 Å². The van der Waals surface area contributed by atoms with Gasteiger partial charge >= 0.3 is 0 Å². The van der Waals surface area contributed by atoms with Gasteiger partial charge in [-0.3, -0.25) is 19.7 Å². The van der Waals surface area contributed by atoms with Crippen molar-refractivity contribution in [2.45, 2.75) is 31.4 Å². The molecule has 0 aliphatic heterocycles. The molecule has 0 aliphatic carbocycles. The Morgan fingerprint density at radius 1 is 1.23 bits per heavy atom. The van der Waals surface area contributed by atoms with E-state index < -0.39 is 21.2 Å². The van der Waals surface area contributed by atoms with E-state index in [1.165, 1.54) is 24.5 Å². The van der Waals surface area contributed by atoms with Crippen molar-refractivity contribution in [3.8, 4) is 5.75 Å². The lowest BCUT2D eigenvalue weighted by atomic mass is 10.1. The molecular weight excluding hydrogens is 358 g/mol. The van der Waals surface area contributed by atoms with Crippen molar-refractivity contribution in [2.75, 3.05) is 4.72 Å². The predicted octanol–water partition coefficient (Wildman–Crippen LogP) is 1.60. The zero-order chi connectivity index (χ0) is 19.2. The van der Waals surface area contributed by atoms with Crippen LogP contribution in [-0.2, 0) is 27.7 Å². The molecule has 2 aromatic rings. The maximum absolute atomic E-state index is 12.3. The Balaban J connectivity index is 2.10. The summed E-state index contributed by atoms with van der Waals surface area (Å²) in [6.45, 7) is 1.50. The standard InChI is InChI=1S/C17H21N3O5S/c1-2-16(17(22)19-23)26(24,25)20-14-8-7-12(10-15(14)21)5-6-13-4-3-9-18-11-13/h3-4,7-11,16,20-21,23H,2,5-6H2,1H3,(H,19,22)/t16-/m1/s1. The highest BCUT2D eigenvalue weighted by Gasteiger charge is 2.31. The number of hydroxylamine groups is 1. The average molecular weight is 379 g/mol. The number of sulfonamides is 1. The third-order valence-electron chi connectivity index (χ3n) is 3.89. The number of nitrogens with zero attached hydrogens (tertiary/aromatic N) is 1. The average Bonchev–Trinajstić information content (AvgIpc) is 2.63. The monoisotopic (exact) mass is 379 g/mol. The van der Waals surface area contributed by atoms with Crippen LogP contribution in [0, 0.1) is 0 Å². The highest BCUT2D eigenvalue weighted by Crippen LogP contribution is 2.27. The minimum atomic E-state index is -4.12. The van der Waals surface area contributed by atoms with Crippen LogP contribution >= 0.6 is 0 Å². The van der Waals surface area contributed by atoms with Gasteiger partial charge in [0.2, 0.25) is 10.0 Å². The molecular formula is C17H21N3O5S. The van der Waals surface area contributed by atoms with Crippen molar-refractivity contribution in [1.82, 2.24) is 10.5 Å². The fraction of sp³-hybridized carbons (Fsp3) is 0.294. The van der Waals surface area contributed by atoms with E-state index in [1.807, 2.05) is 12.1 Å². The number of aryl methyl sites for hydroxylation is 2. The molecule has 140 valence electrons. The first-order valence-electron chi connectivity index (χ1n) is 8.03. The largest absolute Gasteiger partial charge is 0.506 e. The van der Waals surface area contributed by atoms with Gasteiger partial charge in [0, 0.05) is 12.4 Å². The summed E-state index contributed by atoms with van der Waals surface area (Å²) in [6.07, 6.45) is 4.80. The second-order valence-electron chi connectivity index (χ2n) is 5.73. The zero-order valence-electron chi connectivity index (χ0n) is 14.2. The van der Waals surface area contributed by atoms with E-state index in [4.69, 9.17) is 5.21 Å². The van der Waals surface area contributed by atoms with Crippen LogP contribution in [0.25, 0.3) is 0 Å². The number of phenols is 1. The third kappa shape index (κ3) is 4.93. The van der Waals surface area contributed by atoms with Crippen LogP contribution in [0.2, 0.25) is 0 Å². The number of carbonyl (C=O) groups is 1. The van der Waals surface area contributed by atoms with E-state index >= 15 is 0 Å². The fourth-order valence-electron chi connectivity index (χ4n) is 2.50. The molecule has 0 radical (unpaired) electrons. The summed E-state index contributed by atoms with van der Waals surface area (Å²) in [5.41, 5.74) is 3.19. The number of phenolic OH excluding ortho intramolecular Hbond substituents is 1. The van der Waals surface area contributed by atoms with Crippen LogP contribution in [0.1, 0.15) is 24.5 Å². The molecule has 0 fully saturated rings. The van der Waals surface area contributed by atoms with Crippen molar-refractivity contribution in [3.05, 3.63) is 53.9 Å². The second-order valence-corrected chi connectivity index (χ2v) is 7.60. The number of nitrogens with one attached hydrogen (secondary N) is 2. The Morgan fingerprint density at radius 3 is 2.54 bits per heavy atom. The number of carbonyl (C=O) groups excluding carboxylic acids is 1. The maximum atomic E-state index is 12.3. The molecule has 0 spiro atoms. The summed E-state index contributed by atoms with van der Waals surface area (Å²) in [4.78, 5) is 15.5. The van der Waals surface area contributed by atoms with Gasteiger partial charge in [0.15, 0.2) is 5.25 Å². The topological polar surface area (TPSA) is 129 Å². The Labute approximate surface area is 151 Å². The predicted molar refractivity (Wildman–Crippen MR) is 96.3 cm³/mol. The number of rotatable bonds is 8. The number of aromatic hydroxyl groups is 1. The number of anilines is 1. The summed E-state index contributed by atoms with van der Waals surface area (Å²) in [5.74, 6) is -1.27. The van der Waals surface area contributed by atoms with Crippen molar-refractivity contribution in [3.63, 3.8) is 0 Å². The molecule has 0 aliphatic rings. The molecule has 1 atom stereocenters. The minimum Gasteiger partial charge on any atom is -0.506 e. The van der Waals surface area contributed by atoms with Crippen LogP contribution in [0.15, 0.2) is 42.7 Å². The molecule has 0 unspecified atom stereocenters. The van der Waals surface area contributed by atoms with Gasteiger partial charge in [-0.15, -0.1) is 0 Å². The smallest absolute Gasteiger partial charge is 0.263 e. The Bertz CT molecular complexity index is 856. The van der Waals surface area contributed by atoms with Crippen molar-refractivity contribution in [2.24, 2.45) is 0 Å². The van der Waals surface area contributed by atoms with Gasteiger partial charge in [-0.2, -0.15) is 0 Å². The first kappa shape index (κ1) is 19.7. The lowest BCUT2D eigenvalue weighted by molar-refractivity contribution is -0.128. The number of hydrogen-bond acceptors (Lipinski definition) is 6. The van der Waals surface area contributed by atoms with E-state index in [2.05, 4.69) is 9.71 Å². The molecule has 2 rings (SSSR count). The second kappa shape index (κ2) is 8.63. The van der Waals surface area contributed by atoms with Gasteiger partial charge in [0.05, 0.1) is 5.69 Å². The first-order valence-corrected chi connectivity index (χ1v) is 9.58. The van der Waals surface area contributed by atoms with E-state index in [9.17, 15) is 18.3 Å². The first-order chi connectivity index (χ1) is 12.4. The molecule has 0 bridgehead atoms. The van der Waals surface area contributed by atoms with Crippen LogP contribution in [0.5, 0.6) is 5.75 Å². The fourth-order valence-corrected chi connectivity index (χ4v) is 3.89. The van der Waals surface area contributed by atoms with E-state index in [1.54, 1.807) is 18.5 Å². The summed E-state index contributed by atoms with van der Waals surface area (Å²) < 4.78 is 26.8. The SMILES string of the molecule is CC[C@H](C(=O)NO)S(=O)(=O)Nc1ccc(CCc2cccnc2)cc1O. The van der Waals surface area contributed by atoms with Gasteiger partial charge in [-0.05, 0) is 48.6 Å². The number of benzene rings is 1. The van der Waals surface area contributed by atoms with E-state index in [0.717, 1.165) is 17.5 Å². The minimum absolute atomic E-state index is 0.0284. The number of amides is 1. The van der Waals surface area contributed by atoms with E-state index in [0.29, 0.717) is 6.42 Å². The van der Waals surface area contributed by atoms with Crippen molar-refractivity contribution < 1.29 is 23.5 Å². The molecule has 9 heteroatoms. The molecule has 26 heavy (non-hydrogen) atoms. The summed E-state index contributed by atoms with van der Waals surface area (Å²) in [7, 11) is -4.12. The normalized spacial score (nSPS) is 12.4. The Hall–Kier alpha value is -2.65. The summed E-state index contributed by atoms with van der Waals surface area (Å²) in [5, 5.41) is 17.3. The lowest BCUT2D eigenvalue weighted by Gasteiger charge is -2.16. The molecule has 1 aromatic carbocycles. The summed E-state index contributed by atoms with van der Waals surface area (Å²) in [6, 6.07) is 8.40. The number of hydrogen-bond donors (Lipinski definition) is 4. The summed E-state index contributed by atoms with van der Waals surface area (Å²) >= 11 is 0. The van der Waals surface area contributed by atoms with Gasteiger partial charge in [0.1, 0.15) is 5.75 Å². The van der Waals surface area contributed by atoms with Crippen LogP contribution in [0.4, 0.5) is 5.69 Å². The van der Waals surface area contributed by atoms with Gasteiger partial charge in [-0.25, -0.2) is 13.9 Å². The zero-order valence-corrected chi connectivity index (χ0v) is 15.0. The number of aromatic nitrogens is 1. The molecule has 1 aromatic heterocycles. The van der Waals surface area contributed by atoms with Gasteiger partial charge in [-0.1, -0.05) is 19.1 Å². The molecule has 0 saturated carbocycles. The van der Waals surface area contributed by atoms with Gasteiger partial charge in [0.25, 0.3) is 5.91 Å². The van der Waals surface area contributed by atoms with Crippen LogP contribution in [-0.4, -0.2) is 34.9 Å². The number of pyridine rings is 1. The van der Waals surface area contributed by atoms with Gasteiger partial charge < -0.3 is 5.11 Å². The molecule has 4 N–H and O–H groups in total. The van der Waals surface area contributed by atoms with E-state index in [-0.39, 0.29) is 17.9 Å². The molecule has 8 nitrogen and oxygen atoms in total. The molecule has 1 heterocycles. The highest BCUT2D eigenvalue weighted by atomic mass is 32.2. The van der Waals surface area contributed by atoms with Crippen molar-refractivity contribution >= 4 is 21.6 Å². The lowest BCUT2D eigenvalue weighted by Crippen LogP contribution is -2.40. The highest BCUT2D eigenvalue weighted by molar-refractivity contribution is 7.94. The maximum Gasteiger partial charge on any atom is 0.263 e. The van der Waals surface area contributed by atoms with Crippen molar-refractivity contribution in [1.29, 1.82) is 0 Å². The van der Waals surface area contributed by atoms with Crippen LogP contribution in [0.3, 0.4) is 0 Å². The molecule has 0 saturated heterocycles. The third-order valence-corrected chi connectivity index (χ3v) is 5.69. The molecule has 1 amide bonds. The Kier molecular flexibility index (Phi) is 6.53.